The summed E-state index contributed by atoms with van der Waals surface area (Å²) in [4.78, 5) is 13.1. The minimum atomic E-state index is -0.0255. The SMILES string of the molecule is Cc1cccc2c(N)c(C(=O)NC(C)C3CCC3)sc12. The van der Waals surface area contributed by atoms with Crippen LogP contribution in [-0.4, -0.2) is 11.9 Å². The smallest absolute Gasteiger partial charge is 0.263 e. The molecule has 0 aliphatic heterocycles. The summed E-state index contributed by atoms with van der Waals surface area (Å²) >= 11 is 1.50. The predicted molar refractivity (Wildman–Crippen MR) is 85.2 cm³/mol. The molecule has 1 fully saturated rings. The van der Waals surface area contributed by atoms with Gasteiger partial charge < -0.3 is 11.1 Å². The normalized spacial score (nSPS) is 16.9. The quantitative estimate of drug-likeness (QED) is 0.904. The van der Waals surface area contributed by atoms with E-state index in [9.17, 15) is 4.79 Å². The van der Waals surface area contributed by atoms with Gasteiger partial charge in [0.05, 0.1) is 5.69 Å². The molecule has 20 heavy (non-hydrogen) atoms. The Morgan fingerprint density at radius 1 is 1.45 bits per heavy atom. The van der Waals surface area contributed by atoms with Crippen LogP contribution in [0.2, 0.25) is 0 Å². The topological polar surface area (TPSA) is 55.1 Å². The molecular weight excluding hydrogens is 268 g/mol. The molecule has 1 atom stereocenters. The number of hydrogen-bond acceptors (Lipinski definition) is 3. The van der Waals surface area contributed by atoms with Crippen LogP contribution < -0.4 is 11.1 Å². The van der Waals surface area contributed by atoms with Crippen molar-refractivity contribution in [3.8, 4) is 0 Å². The van der Waals surface area contributed by atoms with E-state index >= 15 is 0 Å². The summed E-state index contributed by atoms with van der Waals surface area (Å²) in [6.07, 6.45) is 3.74. The Bertz CT molecular complexity index is 658. The first-order valence-corrected chi connectivity index (χ1v) is 7.98. The highest BCUT2D eigenvalue weighted by Crippen LogP contribution is 2.36. The largest absolute Gasteiger partial charge is 0.397 e. The van der Waals surface area contributed by atoms with Crippen LogP contribution in [0.25, 0.3) is 10.1 Å². The van der Waals surface area contributed by atoms with Gasteiger partial charge in [-0.15, -0.1) is 11.3 Å². The van der Waals surface area contributed by atoms with Gasteiger partial charge in [-0.05, 0) is 38.2 Å². The lowest BCUT2D eigenvalue weighted by Crippen LogP contribution is -2.40. The van der Waals surface area contributed by atoms with Crippen molar-refractivity contribution in [1.29, 1.82) is 0 Å². The molecule has 2 aromatic rings. The summed E-state index contributed by atoms with van der Waals surface area (Å²) in [5.41, 5.74) is 7.95. The molecule has 3 nitrogen and oxygen atoms in total. The number of fused-ring (bicyclic) bond motifs is 1. The van der Waals surface area contributed by atoms with Crippen LogP contribution in [0.15, 0.2) is 18.2 Å². The second-order valence-corrected chi connectivity index (χ2v) is 6.77. The lowest BCUT2D eigenvalue weighted by Gasteiger charge is -2.31. The van der Waals surface area contributed by atoms with E-state index in [1.807, 2.05) is 12.1 Å². The third-order valence-corrected chi connectivity index (χ3v) is 5.73. The van der Waals surface area contributed by atoms with Crippen molar-refractivity contribution in [3.05, 3.63) is 28.6 Å². The first kappa shape index (κ1) is 13.4. The number of nitrogen functional groups attached to an aromatic ring is 1. The number of thiophene rings is 1. The van der Waals surface area contributed by atoms with E-state index in [1.165, 1.54) is 36.2 Å². The zero-order chi connectivity index (χ0) is 14.3. The van der Waals surface area contributed by atoms with Crippen molar-refractivity contribution in [2.45, 2.75) is 39.2 Å². The third kappa shape index (κ3) is 2.18. The lowest BCUT2D eigenvalue weighted by molar-refractivity contribution is 0.0914. The van der Waals surface area contributed by atoms with E-state index in [4.69, 9.17) is 5.73 Å². The van der Waals surface area contributed by atoms with Crippen LogP contribution in [0.1, 0.15) is 41.4 Å². The number of nitrogens with two attached hydrogens (primary N) is 1. The van der Waals surface area contributed by atoms with E-state index in [1.54, 1.807) is 0 Å². The van der Waals surface area contributed by atoms with Crippen LogP contribution >= 0.6 is 11.3 Å². The molecule has 0 spiro atoms. The zero-order valence-corrected chi connectivity index (χ0v) is 12.7. The van der Waals surface area contributed by atoms with E-state index in [-0.39, 0.29) is 11.9 Å². The number of rotatable bonds is 3. The van der Waals surface area contributed by atoms with Crippen molar-refractivity contribution in [2.24, 2.45) is 5.92 Å². The molecule has 0 saturated heterocycles. The van der Waals surface area contributed by atoms with Gasteiger partial charge in [-0.25, -0.2) is 0 Å². The van der Waals surface area contributed by atoms with Crippen molar-refractivity contribution < 1.29 is 4.79 Å². The number of hydrogen-bond donors (Lipinski definition) is 2. The number of amides is 1. The Labute approximate surface area is 123 Å². The molecular formula is C16H20N2OS. The molecule has 3 N–H and O–H groups in total. The first-order chi connectivity index (χ1) is 9.58. The van der Waals surface area contributed by atoms with Gasteiger partial charge in [-0.2, -0.15) is 0 Å². The fourth-order valence-corrected chi connectivity index (χ4v) is 3.87. The van der Waals surface area contributed by atoms with Gasteiger partial charge >= 0.3 is 0 Å². The molecule has 1 unspecified atom stereocenters. The predicted octanol–water partition coefficient (Wildman–Crippen LogP) is 3.71. The Morgan fingerprint density at radius 3 is 2.80 bits per heavy atom. The Kier molecular flexibility index (Phi) is 3.42. The summed E-state index contributed by atoms with van der Waals surface area (Å²) in [6, 6.07) is 6.26. The zero-order valence-electron chi connectivity index (χ0n) is 11.9. The van der Waals surface area contributed by atoms with Gasteiger partial charge in [-0.1, -0.05) is 24.6 Å². The van der Waals surface area contributed by atoms with E-state index < -0.39 is 0 Å². The standard InChI is InChI=1S/C16H20N2OS/c1-9-5-3-8-12-13(17)15(20-14(9)12)16(19)18-10(2)11-6-4-7-11/h3,5,8,10-11H,4,6-7,17H2,1-2H3,(H,18,19). The minimum absolute atomic E-state index is 0.0255. The molecule has 0 radical (unpaired) electrons. The van der Waals surface area contributed by atoms with Crippen molar-refractivity contribution in [2.75, 3.05) is 5.73 Å². The van der Waals surface area contributed by atoms with Crippen molar-refractivity contribution in [1.82, 2.24) is 5.32 Å². The van der Waals surface area contributed by atoms with Gasteiger partial charge in [0.2, 0.25) is 0 Å². The number of benzene rings is 1. The molecule has 1 aliphatic carbocycles. The molecule has 1 heterocycles. The highest BCUT2D eigenvalue weighted by molar-refractivity contribution is 7.21. The maximum Gasteiger partial charge on any atom is 0.263 e. The van der Waals surface area contributed by atoms with E-state index in [2.05, 4.69) is 25.2 Å². The summed E-state index contributed by atoms with van der Waals surface area (Å²) in [5.74, 6) is 0.610. The van der Waals surface area contributed by atoms with E-state index in [0.717, 1.165) is 10.1 Å². The van der Waals surface area contributed by atoms with Crippen molar-refractivity contribution >= 4 is 33.0 Å². The molecule has 106 valence electrons. The van der Waals surface area contributed by atoms with Crippen molar-refractivity contribution in [3.63, 3.8) is 0 Å². The third-order valence-electron chi connectivity index (χ3n) is 4.37. The fourth-order valence-electron chi connectivity index (χ4n) is 2.78. The summed E-state index contributed by atoms with van der Waals surface area (Å²) in [5, 5.41) is 4.11. The summed E-state index contributed by atoms with van der Waals surface area (Å²) < 4.78 is 1.12. The Morgan fingerprint density at radius 2 is 2.20 bits per heavy atom. The second kappa shape index (κ2) is 5.09. The molecule has 4 heteroatoms. The lowest BCUT2D eigenvalue weighted by atomic mass is 9.80. The van der Waals surface area contributed by atoms with Crippen LogP contribution in [0.4, 0.5) is 5.69 Å². The molecule has 1 aliphatic rings. The van der Waals surface area contributed by atoms with Gasteiger partial charge in [0.15, 0.2) is 0 Å². The number of nitrogens with one attached hydrogen (secondary N) is 1. The van der Waals surface area contributed by atoms with E-state index in [0.29, 0.717) is 16.5 Å². The maximum atomic E-state index is 12.4. The maximum absolute atomic E-state index is 12.4. The summed E-state index contributed by atoms with van der Waals surface area (Å²) in [6.45, 7) is 4.15. The highest BCUT2D eigenvalue weighted by Gasteiger charge is 2.26. The van der Waals surface area contributed by atoms with Crippen LogP contribution in [0.5, 0.6) is 0 Å². The van der Waals surface area contributed by atoms with Crippen LogP contribution in [0, 0.1) is 12.8 Å². The second-order valence-electron chi connectivity index (χ2n) is 5.75. The average molecular weight is 288 g/mol. The molecule has 1 saturated carbocycles. The minimum Gasteiger partial charge on any atom is -0.397 e. The number of anilines is 1. The Balaban J connectivity index is 1.87. The number of carbonyl (C=O) groups excluding carboxylic acids is 1. The highest BCUT2D eigenvalue weighted by atomic mass is 32.1. The van der Waals surface area contributed by atoms with Gasteiger partial charge in [0.25, 0.3) is 5.91 Å². The molecule has 1 aromatic heterocycles. The first-order valence-electron chi connectivity index (χ1n) is 7.16. The average Bonchev–Trinajstić information content (AvgIpc) is 2.66. The van der Waals surface area contributed by atoms with Gasteiger partial charge in [-0.3, -0.25) is 4.79 Å². The Hall–Kier alpha value is -1.55. The van der Waals surface area contributed by atoms with Crippen LogP contribution in [0.3, 0.4) is 0 Å². The molecule has 1 amide bonds. The number of carbonyl (C=O) groups is 1. The number of aryl methyl sites for hydroxylation is 1. The molecule has 0 bridgehead atoms. The molecule has 1 aromatic carbocycles. The summed E-state index contributed by atoms with van der Waals surface area (Å²) in [7, 11) is 0. The van der Waals surface area contributed by atoms with Gasteiger partial charge in [0.1, 0.15) is 4.88 Å². The fraction of sp³-hybridized carbons (Fsp3) is 0.438. The monoisotopic (exact) mass is 288 g/mol. The van der Waals surface area contributed by atoms with Gasteiger partial charge in [0, 0.05) is 16.1 Å². The van der Waals surface area contributed by atoms with Crippen LogP contribution in [-0.2, 0) is 0 Å². The molecule has 3 rings (SSSR count).